The monoisotopic (exact) mass is 196 g/mol. The summed E-state index contributed by atoms with van der Waals surface area (Å²) in [6.45, 7) is 6.43. The quantitative estimate of drug-likeness (QED) is 0.323. The molecule has 4 nitrogen and oxygen atoms in total. The van der Waals surface area contributed by atoms with Crippen molar-refractivity contribution < 1.29 is 50.4 Å². The Morgan fingerprint density at radius 2 is 2.08 bits per heavy atom. The van der Waals surface area contributed by atoms with Crippen LogP contribution in [0, 0.1) is 0 Å². The Morgan fingerprint density at radius 3 is 2.31 bits per heavy atom. The maximum atomic E-state index is 10.8. The molecule has 5 heteroatoms. The number of rotatable bonds is 4. The molecule has 0 aliphatic heterocycles. The van der Waals surface area contributed by atoms with E-state index in [1.54, 1.807) is 6.92 Å². The molecule has 0 radical (unpaired) electrons. The Bertz CT molecular complexity index is 217. The number of hydrogen-bond acceptors (Lipinski definition) is 3. The van der Waals surface area contributed by atoms with Gasteiger partial charge in [0.25, 0.3) is 0 Å². The molecule has 1 atom stereocenters. The number of carboxylic acid groups (broad SMARTS) is 1. The van der Waals surface area contributed by atoms with Crippen LogP contribution in [-0.2, 0) is 14.3 Å². The zero-order valence-electron chi connectivity index (χ0n) is 9.16. The molecule has 0 aromatic rings. The van der Waals surface area contributed by atoms with Gasteiger partial charge in [-0.2, -0.15) is 0 Å². The summed E-state index contributed by atoms with van der Waals surface area (Å²) in [5.41, 5.74) is 0.203. The third kappa shape index (κ3) is 5.85. The Hall–Kier alpha value is -0.320. The number of carbonyl (C=O) groups is 2. The number of aliphatic carboxylic acids is 1. The van der Waals surface area contributed by atoms with Crippen molar-refractivity contribution in [1.29, 1.82) is 0 Å². The molecule has 1 unspecified atom stereocenters. The second kappa shape index (κ2) is 7.12. The number of carbonyl (C=O) groups excluding carboxylic acids is 1. The molecule has 0 rings (SSSR count). The van der Waals surface area contributed by atoms with Gasteiger partial charge in [-0.1, -0.05) is 13.5 Å². The van der Waals surface area contributed by atoms with Crippen molar-refractivity contribution in [2.75, 3.05) is 0 Å². The van der Waals surface area contributed by atoms with Gasteiger partial charge in [-0.15, -0.1) is 0 Å². The number of ether oxygens (including phenoxy) is 1. The fraction of sp³-hybridized carbons (Fsp3) is 0.500. The van der Waals surface area contributed by atoms with Crippen LogP contribution in [0.3, 0.4) is 0 Å². The summed E-state index contributed by atoms with van der Waals surface area (Å²) in [5.74, 6) is -1.80. The maximum Gasteiger partial charge on any atom is 1.00 e. The summed E-state index contributed by atoms with van der Waals surface area (Å²) in [4.78, 5) is 21.2. The summed E-state index contributed by atoms with van der Waals surface area (Å²) < 4.78 is 4.58. The zero-order valence-corrected chi connectivity index (χ0v) is 10.2. The van der Waals surface area contributed by atoms with Crippen LogP contribution < -0.4 is 29.6 Å². The van der Waals surface area contributed by atoms with Crippen LogP contribution in [0.25, 0.3) is 0 Å². The second-order valence-electron chi connectivity index (χ2n) is 2.42. The first-order valence-corrected chi connectivity index (χ1v) is 3.58. The van der Waals surface area contributed by atoms with E-state index in [1.807, 2.05) is 0 Å². The molecule has 13 heavy (non-hydrogen) atoms. The molecule has 0 aliphatic rings. The topological polar surface area (TPSA) is 63.6 Å². The van der Waals surface area contributed by atoms with E-state index in [0.29, 0.717) is 0 Å². The largest absolute Gasteiger partial charge is 1.00 e. The normalized spacial score (nSPS) is 10.9. The van der Waals surface area contributed by atoms with Gasteiger partial charge in [0.15, 0.2) is 6.10 Å². The molecule has 0 aromatic carbocycles. The molecule has 0 bridgehead atoms. The SMILES string of the molecule is C=C(C)C(=O)OC(CC)C(=O)O.[H-].[Na+]. The van der Waals surface area contributed by atoms with Gasteiger partial charge in [0.2, 0.25) is 0 Å². The van der Waals surface area contributed by atoms with Crippen LogP contribution >= 0.6 is 0 Å². The smallest absolute Gasteiger partial charge is 1.00 e. The fourth-order valence-electron chi connectivity index (χ4n) is 0.538. The number of carboxylic acids is 1. The molecule has 0 spiro atoms. The summed E-state index contributed by atoms with van der Waals surface area (Å²) in [6.07, 6.45) is -0.803. The number of hydrogen-bond donors (Lipinski definition) is 1. The molecule has 0 heterocycles. The zero-order chi connectivity index (χ0) is 9.72. The third-order valence-electron chi connectivity index (χ3n) is 1.24. The van der Waals surface area contributed by atoms with E-state index < -0.39 is 18.0 Å². The van der Waals surface area contributed by atoms with Crippen molar-refractivity contribution >= 4 is 11.9 Å². The first-order valence-electron chi connectivity index (χ1n) is 3.58. The fourth-order valence-corrected chi connectivity index (χ4v) is 0.538. The Labute approximate surface area is 101 Å². The third-order valence-corrected chi connectivity index (χ3v) is 1.24. The van der Waals surface area contributed by atoms with Crippen molar-refractivity contribution in [3.8, 4) is 0 Å². The van der Waals surface area contributed by atoms with Gasteiger partial charge in [0, 0.05) is 5.57 Å². The van der Waals surface area contributed by atoms with Crippen LogP contribution in [-0.4, -0.2) is 23.1 Å². The van der Waals surface area contributed by atoms with Crippen molar-refractivity contribution in [3.05, 3.63) is 12.2 Å². The Kier molecular flexibility index (Phi) is 8.30. The maximum absolute atomic E-state index is 10.8. The Morgan fingerprint density at radius 1 is 1.62 bits per heavy atom. The second-order valence-corrected chi connectivity index (χ2v) is 2.42. The first-order chi connectivity index (χ1) is 5.49. The summed E-state index contributed by atoms with van der Waals surface area (Å²) >= 11 is 0. The molecule has 0 amide bonds. The molecule has 1 N–H and O–H groups in total. The average molecular weight is 196 g/mol. The molecular weight excluding hydrogens is 183 g/mol. The van der Waals surface area contributed by atoms with E-state index in [1.165, 1.54) is 6.92 Å². The molecule has 0 saturated carbocycles. The van der Waals surface area contributed by atoms with Gasteiger partial charge in [0.1, 0.15) is 0 Å². The minimum absolute atomic E-state index is 0. The minimum atomic E-state index is -1.13. The van der Waals surface area contributed by atoms with E-state index in [0.717, 1.165) is 0 Å². The van der Waals surface area contributed by atoms with Crippen molar-refractivity contribution in [1.82, 2.24) is 0 Å². The van der Waals surface area contributed by atoms with E-state index in [-0.39, 0.29) is 43.0 Å². The molecule has 0 aromatic heterocycles. The molecule has 0 saturated heterocycles. The summed E-state index contributed by atoms with van der Waals surface area (Å²) in [6, 6.07) is 0. The van der Waals surface area contributed by atoms with Crippen molar-refractivity contribution in [2.24, 2.45) is 0 Å². The molecule has 0 aliphatic carbocycles. The van der Waals surface area contributed by atoms with Gasteiger partial charge < -0.3 is 11.3 Å². The van der Waals surface area contributed by atoms with E-state index in [9.17, 15) is 9.59 Å². The molecule has 70 valence electrons. The van der Waals surface area contributed by atoms with Gasteiger partial charge in [-0.05, 0) is 13.3 Å². The summed E-state index contributed by atoms with van der Waals surface area (Å²) in [7, 11) is 0. The average Bonchev–Trinajstić information content (AvgIpc) is 1.98. The van der Waals surface area contributed by atoms with E-state index in [2.05, 4.69) is 11.3 Å². The van der Waals surface area contributed by atoms with E-state index >= 15 is 0 Å². The van der Waals surface area contributed by atoms with Gasteiger partial charge in [-0.3, -0.25) is 0 Å². The summed E-state index contributed by atoms with van der Waals surface area (Å²) in [5, 5.41) is 8.50. The minimum Gasteiger partial charge on any atom is -1.00 e. The van der Waals surface area contributed by atoms with Crippen LogP contribution in [0.15, 0.2) is 12.2 Å². The Balaban J connectivity index is -0.000000605. The van der Waals surface area contributed by atoms with Gasteiger partial charge in [-0.25, -0.2) is 9.59 Å². The van der Waals surface area contributed by atoms with Crippen LogP contribution in [0.4, 0.5) is 0 Å². The first kappa shape index (κ1) is 15.2. The van der Waals surface area contributed by atoms with Crippen molar-refractivity contribution in [3.63, 3.8) is 0 Å². The molecule has 0 fully saturated rings. The van der Waals surface area contributed by atoms with Crippen molar-refractivity contribution in [2.45, 2.75) is 26.4 Å². The van der Waals surface area contributed by atoms with Crippen LogP contribution in [0.1, 0.15) is 21.7 Å². The predicted octanol–water partition coefficient (Wildman–Crippen LogP) is -1.91. The van der Waals surface area contributed by atoms with Gasteiger partial charge in [0.05, 0.1) is 0 Å². The number of esters is 1. The standard InChI is InChI=1S/C8H12O4.Na.H/c1-4-6(7(9)10)12-8(11)5(2)3;;/h6H,2,4H2,1,3H3,(H,9,10);;/q;+1;-1. The van der Waals surface area contributed by atoms with Crippen LogP contribution in [0.2, 0.25) is 0 Å². The molecular formula is C8H13NaO4. The van der Waals surface area contributed by atoms with E-state index in [4.69, 9.17) is 5.11 Å². The van der Waals surface area contributed by atoms with Crippen LogP contribution in [0.5, 0.6) is 0 Å². The predicted molar refractivity (Wildman–Crippen MR) is 43.7 cm³/mol. The van der Waals surface area contributed by atoms with Gasteiger partial charge >= 0.3 is 41.5 Å².